The van der Waals surface area contributed by atoms with E-state index in [2.05, 4.69) is 6.92 Å². The Morgan fingerprint density at radius 2 is 2.00 bits per heavy atom. The molecule has 1 rings (SSSR count). The Balaban J connectivity index is 0.00000324. The summed E-state index contributed by atoms with van der Waals surface area (Å²) in [6, 6.07) is 0.120. The molecule has 4 N–H and O–H groups in total. The van der Waals surface area contributed by atoms with E-state index in [4.69, 9.17) is 11.5 Å². The van der Waals surface area contributed by atoms with Gasteiger partial charge in [0.2, 0.25) is 11.8 Å². The third kappa shape index (κ3) is 6.25. The Labute approximate surface area is 121 Å². The van der Waals surface area contributed by atoms with Crippen LogP contribution in [0.1, 0.15) is 45.4 Å². The summed E-state index contributed by atoms with van der Waals surface area (Å²) in [5.74, 6) is -0.415. The van der Waals surface area contributed by atoms with E-state index in [-0.39, 0.29) is 36.8 Å². The Morgan fingerprint density at radius 3 is 2.53 bits per heavy atom. The summed E-state index contributed by atoms with van der Waals surface area (Å²) in [7, 11) is 0. The van der Waals surface area contributed by atoms with Crippen LogP contribution in [-0.4, -0.2) is 35.8 Å². The number of nitrogens with two attached hydrogens (primary N) is 2. The highest BCUT2D eigenvalue weighted by molar-refractivity contribution is 5.85. The van der Waals surface area contributed by atoms with Gasteiger partial charge in [-0.3, -0.25) is 9.59 Å². The van der Waals surface area contributed by atoms with Crippen molar-refractivity contribution in [2.75, 3.05) is 13.1 Å². The zero-order chi connectivity index (χ0) is 13.5. The van der Waals surface area contributed by atoms with Crippen molar-refractivity contribution in [3.63, 3.8) is 0 Å². The van der Waals surface area contributed by atoms with Gasteiger partial charge in [0.05, 0.1) is 6.54 Å². The summed E-state index contributed by atoms with van der Waals surface area (Å²) >= 11 is 0. The maximum Gasteiger partial charge on any atom is 0.237 e. The summed E-state index contributed by atoms with van der Waals surface area (Å²) in [5, 5.41) is 0. The molecule has 112 valence electrons. The van der Waals surface area contributed by atoms with Crippen LogP contribution in [-0.2, 0) is 9.59 Å². The first kappa shape index (κ1) is 18.2. The highest BCUT2D eigenvalue weighted by Gasteiger charge is 2.29. The van der Waals surface area contributed by atoms with Crippen LogP contribution in [0.2, 0.25) is 0 Å². The maximum absolute atomic E-state index is 12.3. The molecule has 1 fully saturated rings. The van der Waals surface area contributed by atoms with Gasteiger partial charge < -0.3 is 16.4 Å². The molecular formula is C13H26ClN3O2. The fraction of sp³-hybridized carbons (Fsp3) is 0.846. The zero-order valence-corrected chi connectivity index (χ0v) is 12.5. The number of carbonyl (C=O) groups excluding carboxylic acids is 2. The van der Waals surface area contributed by atoms with Gasteiger partial charge in [-0.05, 0) is 25.7 Å². The summed E-state index contributed by atoms with van der Waals surface area (Å²) in [6.45, 7) is 2.71. The number of halogens is 1. The third-order valence-corrected chi connectivity index (χ3v) is 3.50. The fourth-order valence-electron chi connectivity index (χ4n) is 2.51. The van der Waals surface area contributed by atoms with E-state index in [0.29, 0.717) is 6.54 Å². The lowest BCUT2D eigenvalue weighted by Crippen LogP contribution is -2.44. The molecule has 2 unspecified atom stereocenters. The number of hydrogen-bond donors (Lipinski definition) is 2. The fourth-order valence-corrected chi connectivity index (χ4v) is 2.51. The molecular weight excluding hydrogens is 266 g/mol. The molecule has 0 aromatic rings. The first-order valence-electron chi connectivity index (χ1n) is 6.87. The first-order valence-corrected chi connectivity index (χ1v) is 6.87. The van der Waals surface area contributed by atoms with Gasteiger partial charge in [0.15, 0.2) is 0 Å². The Hall–Kier alpha value is -0.810. The molecule has 0 aromatic carbocycles. The van der Waals surface area contributed by atoms with Crippen molar-refractivity contribution in [3.05, 3.63) is 0 Å². The summed E-state index contributed by atoms with van der Waals surface area (Å²) in [6.07, 6.45) is 5.50. The number of hydrogen-bond acceptors (Lipinski definition) is 3. The molecule has 0 saturated heterocycles. The van der Waals surface area contributed by atoms with Crippen molar-refractivity contribution in [2.45, 2.75) is 51.5 Å². The minimum absolute atomic E-state index is 0. The molecule has 0 spiro atoms. The minimum Gasteiger partial charge on any atom is -0.368 e. The van der Waals surface area contributed by atoms with Crippen LogP contribution in [0.4, 0.5) is 0 Å². The minimum atomic E-state index is -0.445. The third-order valence-electron chi connectivity index (χ3n) is 3.50. The number of unbranched alkanes of at least 4 members (excludes halogenated alkanes) is 1. The van der Waals surface area contributed by atoms with Gasteiger partial charge >= 0.3 is 0 Å². The van der Waals surface area contributed by atoms with Crippen LogP contribution in [0.25, 0.3) is 0 Å². The largest absolute Gasteiger partial charge is 0.368 e. The van der Waals surface area contributed by atoms with E-state index >= 15 is 0 Å². The first-order chi connectivity index (χ1) is 8.54. The molecule has 0 bridgehead atoms. The van der Waals surface area contributed by atoms with E-state index in [1.165, 1.54) is 0 Å². The molecule has 1 aliphatic carbocycles. The average molecular weight is 292 g/mol. The zero-order valence-electron chi connectivity index (χ0n) is 11.6. The van der Waals surface area contributed by atoms with Crippen LogP contribution in [0.15, 0.2) is 0 Å². The number of primary amides is 1. The Morgan fingerprint density at radius 1 is 1.32 bits per heavy atom. The molecule has 1 saturated carbocycles. The topological polar surface area (TPSA) is 89.4 Å². The van der Waals surface area contributed by atoms with Crippen molar-refractivity contribution < 1.29 is 9.59 Å². The standard InChI is InChI=1S/C13H25N3O2.ClH/c1-2-3-7-16(9-12(15)17)13(18)10-5-4-6-11(14)8-10;/h10-11H,2-9,14H2,1H3,(H2,15,17);1H. The van der Waals surface area contributed by atoms with Crippen LogP contribution in [0.3, 0.4) is 0 Å². The van der Waals surface area contributed by atoms with E-state index in [0.717, 1.165) is 38.5 Å². The Bertz CT molecular complexity index is 300. The van der Waals surface area contributed by atoms with Crippen molar-refractivity contribution >= 4 is 24.2 Å². The monoisotopic (exact) mass is 291 g/mol. The van der Waals surface area contributed by atoms with Crippen molar-refractivity contribution in [2.24, 2.45) is 17.4 Å². The van der Waals surface area contributed by atoms with Gasteiger partial charge in [-0.15, -0.1) is 12.4 Å². The molecule has 5 nitrogen and oxygen atoms in total. The Kier molecular flexibility index (Phi) is 8.76. The number of amides is 2. The van der Waals surface area contributed by atoms with E-state index in [1.54, 1.807) is 4.90 Å². The lowest BCUT2D eigenvalue weighted by molar-refractivity contribution is -0.139. The molecule has 6 heteroatoms. The summed E-state index contributed by atoms with van der Waals surface area (Å²) in [4.78, 5) is 25.0. The SMILES string of the molecule is CCCCN(CC(N)=O)C(=O)C1CCCC(N)C1.Cl. The lowest BCUT2D eigenvalue weighted by atomic mass is 9.85. The van der Waals surface area contributed by atoms with Crippen LogP contribution < -0.4 is 11.5 Å². The number of rotatable bonds is 6. The van der Waals surface area contributed by atoms with Gasteiger partial charge in [0, 0.05) is 18.5 Å². The highest BCUT2D eigenvalue weighted by Crippen LogP contribution is 2.25. The number of nitrogens with zero attached hydrogens (tertiary/aromatic N) is 1. The lowest BCUT2D eigenvalue weighted by Gasteiger charge is -2.30. The average Bonchev–Trinajstić information content (AvgIpc) is 2.33. The molecule has 2 amide bonds. The van der Waals surface area contributed by atoms with Gasteiger partial charge in [0.25, 0.3) is 0 Å². The van der Waals surface area contributed by atoms with Crippen molar-refractivity contribution in [1.29, 1.82) is 0 Å². The van der Waals surface area contributed by atoms with Gasteiger partial charge in [-0.25, -0.2) is 0 Å². The molecule has 0 radical (unpaired) electrons. The maximum atomic E-state index is 12.3. The second-order valence-corrected chi connectivity index (χ2v) is 5.20. The van der Waals surface area contributed by atoms with Gasteiger partial charge in [-0.1, -0.05) is 19.8 Å². The van der Waals surface area contributed by atoms with Crippen molar-refractivity contribution in [1.82, 2.24) is 4.90 Å². The summed E-state index contributed by atoms with van der Waals surface area (Å²) < 4.78 is 0. The second kappa shape index (κ2) is 9.15. The van der Waals surface area contributed by atoms with E-state index in [9.17, 15) is 9.59 Å². The van der Waals surface area contributed by atoms with Crippen LogP contribution in [0.5, 0.6) is 0 Å². The molecule has 2 atom stereocenters. The quantitative estimate of drug-likeness (QED) is 0.766. The number of carbonyl (C=O) groups is 2. The molecule has 0 aromatic heterocycles. The molecule has 19 heavy (non-hydrogen) atoms. The van der Waals surface area contributed by atoms with E-state index in [1.807, 2.05) is 0 Å². The van der Waals surface area contributed by atoms with Crippen LogP contribution in [0, 0.1) is 5.92 Å². The predicted molar refractivity (Wildman–Crippen MR) is 77.9 cm³/mol. The van der Waals surface area contributed by atoms with Gasteiger partial charge in [0.1, 0.15) is 0 Å². The smallest absolute Gasteiger partial charge is 0.237 e. The normalized spacial score (nSPS) is 22.4. The second-order valence-electron chi connectivity index (χ2n) is 5.20. The predicted octanol–water partition coefficient (Wildman–Crippen LogP) is 1.04. The highest BCUT2D eigenvalue weighted by atomic mass is 35.5. The van der Waals surface area contributed by atoms with E-state index < -0.39 is 5.91 Å². The van der Waals surface area contributed by atoms with Crippen molar-refractivity contribution in [3.8, 4) is 0 Å². The molecule has 1 aliphatic rings. The van der Waals surface area contributed by atoms with Crippen LogP contribution >= 0.6 is 12.4 Å². The van der Waals surface area contributed by atoms with Gasteiger partial charge in [-0.2, -0.15) is 0 Å². The summed E-state index contributed by atoms with van der Waals surface area (Å²) in [5.41, 5.74) is 11.1. The molecule has 0 aliphatic heterocycles. The molecule has 0 heterocycles.